The third-order valence-corrected chi connectivity index (χ3v) is 4.30. The van der Waals surface area contributed by atoms with Crippen molar-refractivity contribution >= 4 is 27.4 Å². The van der Waals surface area contributed by atoms with Crippen LogP contribution in [0.5, 0.6) is 0 Å². The third kappa shape index (κ3) is 2.21. The van der Waals surface area contributed by atoms with Crippen molar-refractivity contribution in [3.63, 3.8) is 0 Å². The molecule has 0 aliphatic carbocycles. The summed E-state index contributed by atoms with van der Waals surface area (Å²) in [5, 5.41) is 5.07. The van der Waals surface area contributed by atoms with Gasteiger partial charge in [0, 0.05) is 17.0 Å². The van der Waals surface area contributed by atoms with E-state index in [1.54, 1.807) is 17.4 Å². The van der Waals surface area contributed by atoms with Crippen molar-refractivity contribution in [2.45, 2.75) is 26.2 Å². The van der Waals surface area contributed by atoms with Gasteiger partial charge in [0.1, 0.15) is 5.69 Å². The van der Waals surface area contributed by atoms with Crippen LogP contribution in [0.2, 0.25) is 0 Å². The van der Waals surface area contributed by atoms with Crippen LogP contribution in [0, 0.1) is 0 Å². The van der Waals surface area contributed by atoms with Crippen molar-refractivity contribution in [2.75, 3.05) is 5.73 Å². The number of hydrogen-bond acceptors (Lipinski definition) is 5. The van der Waals surface area contributed by atoms with Crippen molar-refractivity contribution < 1.29 is 4.52 Å². The van der Waals surface area contributed by atoms with Crippen LogP contribution in [0.25, 0.3) is 21.5 Å². The second-order valence-electron chi connectivity index (χ2n) is 5.57. The van der Waals surface area contributed by atoms with Gasteiger partial charge >= 0.3 is 0 Å². The van der Waals surface area contributed by atoms with E-state index in [2.05, 4.69) is 37.0 Å². The molecule has 0 fully saturated rings. The lowest BCUT2D eigenvalue weighted by Crippen LogP contribution is -2.09. The Morgan fingerprint density at radius 2 is 2.00 bits per heavy atom. The van der Waals surface area contributed by atoms with Crippen molar-refractivity contribution in [2.24, 2.45) is 0 Å². The number of fused-ring (bicyclic) bond motifs is 1. The molecule has 2 N–H and O–H groups in total. The highest BCUT2D eigenvalue weighted by molar-refractivity contribution is 7.18. The van der Waals surface area contributed by atoms with Gasteiger partial charge in [0.25, 0.3) is 0 Å². The molecule has 3 aromatic rings. The first-order valence-corrected chi connectivity index (χ1v) is 6.89. The monoisotopic (exact) mass is 273 g/mol. The van der Waals surface area contributed by atoms with E-state index in [0.717, 1.165) is 26.5 Å². The maximum atomic E-state index is 5.55. The summed E-state index contributed by atoms with van der Waals surface area (Å²) in [4.78, 5) is 4.67. The molecule has 5 heteroatoms. The maximum absolute atomic E-state index is 5.55. The molecule has 0 saturated heterocycles. The molecule has 0 aliphatic heterocycles. The van der Waals surface area contributed by atoms with Crippen molar-refractivity contribution in [1.29, 1.82) is 0 Å². The normalized spacial score (nSPS) is 12.2. The van der Waals surface area contributed by atoms with Crippen LogP contribution < -0.4 is 5.73 Å². The molecule has 0 unspecified atom stereocenters. The first kappa shape index (κ1) is 12.2. The zero-order valence-electron chi connectivity index (χ0n) is 11.1. The van der Waals surface area contributed by atoms with E-state index in [1.165, 1.54) is 0 Å². The van der Waals surface area contributed by atoms with E-state index in [4.69, 9.17) is 10.3 Å². The van der Waals surface area contributed by atoms with E-state index < -0.39 is 0 Å². The van der Waals surface area contributed by atoms with E-state index in [0.29, 0.717) is 5.88 Å². The van der Waals surface area contributed by atoms with Crippen LogP contribution in [-0.2, 0) is 5.41 Å². The van der Waals surface area contributed by atoms with Gasteiger partial charge in [0.15, 0.2) is 0 Å². The fourth-order valence-corrected chi connectivity index (χ4v) is 2.89. The number of benzene rings is 1. The lowest BCUT2D eigenvalue weighted by Gasteiger charge is -2.13. The Labute approximate surface area is 115 Å². The number of anilines is 1. The molecule has 3 rings (SSSR count). The Balaban J connectivity index is 2.11. The number of thiazole rings is 1. The van der Waals surface area contributed by atoms with Crippen LogP contribution in [0.3, 0.4) is 0 Å². The summed E-state index contributed by atoms with van der Waals surface area (Å²) in [6.45, 7) is 6.51. The maximum Gasteiger partial charge on any atom is 0.222 e. The predicted molar refractivity (Wildman–Crippen MR) is 78.2 cm³/mol. The standard InChI is InChI=1S/C14H15N3OS/c1-14(2,3)13-16-9-5-4-8(6-11(9)19-13)10-7-12(15)18-17-10/h4-7H,15H2,1-3H3. The van der Waals surface area contributed by atoms with Crippen LogP contribution >= 0.6 is 11.3 Å². The number of nitrogen functional groups attached to an aromatic ring is 1. The summed E-state index contributed by atoms with van der Waals surface area (Å²) in [5.41, 5.74) is 8.40. The number of rotatable bonds is 1. The summed E-state index contributed by atoms with van der Waals surface area (Å²) in [6, 6.07) is 7.82. The van der Waals surface area contributed by atoms with Crippen molar-refractivity contribution in [3.05, 3.63) is 29.3 Å². The lowest BCUT2D eigenvalue weighted by molar-refractivity contribution is 0.439. The molecule has 0 saturated carbocycles. The minimum absolute atomic E-state index is 0.0716. The van der Waals surface area contributed by atoms with Gasteiger partial charge in [-0.2, -0.15) is 0 Å². The van der Waals surface area contributed by atoms with Gasteiger partial charge in [0.05, 0.1) is 15.2 Å². The zero-order valence-corrected chi connectivity index (χ0v) is 11.9. The second kappa shape index (κ2) is 4.06. The Kier molecular flexibility index (Phi) is 2.60. The Bertz CT molecular complexity index is 737. The van der Waals surface area contributed by atoms with E-state index >= 15 is 0 Å². The molecule has 0 spiro atoms. The van der Waals surface area contributed by atoms with Gasteiger partial charge in [-0.25, -0.2) is 4.98 Å². The van der Waals surface area contributed by atoms with Gasteiger partial charge in [-0.15, -0.1) is 11.3 Å². The van der Waals surface area contributed by atoms with Gasteiger partial charge in [-0.1, -0.05) is 32.0 Å². The minimum Gasteiger partial charge on any atom is -0.368 e. The quantitative estimate of drug-likeness (QED) is 0.731. The molecule has 0 aliphatic rings. The number of nitrogens with zero attached hydrogens (tertiary/aromatic N) is 2. The topological polar surface area (TPSA) is 64.9 Å². The molecular weight excluding hydrogens is 258 g/mol. The average molecular weight is 273 g/mol. The van der Waals surface area contributed by atoms with Crippen molar-refractivity contribution in [3.8, 4) is 11.3 Å². The molecule has 0 amide bonds. The Morgan fingerprint density at radius 1 is 1.21 bits per heavy atom. The highest BCUT2D eigenvalue weighted by Gasteiger charge is 2.19. The summed E-state index contributed by atoms with van der Waals surface area (Å²) >= 11 is 1.72. The van der Waals surface area contributed by atoms with Gasteiger partial charge in [-0.05, 0) is 12.1 Å². The predicted octanol–water partition coefficient (Wildman–Crippen LogP) is 3.83. The fourth-order valence-electron chi connectivity index (χ4n) is 1.83. The zero-order chi connectivity index (χ0) is 13.6. The molecule has 1 aromatic carbocycles. The molecule has 0 radical (unpaired) electrons. The third-order valence-electron chi connectivity index (χ3n) is 2.85. The number of hydrogen-bond donors (Lipinski definition) is 1. The molecule has 0 bridgehead atoms. The van der Waals surface area contributed by atoms with Crippen LogP contribution in [0.15, 0.2) is 28.8 Å². The number of nitrogens with two attached hydrogens (primary N) is 1. The van der Waals surface area contributed by atoms with E-state index in [-0.39, 0.29) is 5.41 Å². The first-order valence-electron chi connectivity index (χ1n) is 6.07. The molecule has 98 valence electrons. The highest BCUT2D eigenvalue weighted by Crippen LogP contribution is 2.33. The molecule has 2 aromatic heterocycles. The Hall–Kier alpha value is -1.88. The smallest absolute Gasteiger partial charge is 0.222 e. The lowest BCUT2D eigenvalue weighted by atomic mass is 9.98. The molecular formula is C14H15N3OS. The fraction of sp³-hybridized carbons (Fsp3) is 0.286. The summed E-state index contributed by atoms with van der Waals surface area (Å²) < 4.78 is 6.06. The van der Waals surface area contributed by atoms with E-state index in [9.17, 15) is 0 Å². The van der Waals surface area contributed by atoms with Crippen LogP contribution in [-0.4, -0.2) is 10.1 Å². The van der Waals surface area contributed by atoms with Crippen LogP contribution in [0.4, 0.5) is 5.88 Å². The minimum atomic E-state index is 0.0716. The van der Waals surface area contributed by atoms with Crippen LogP contribution in [0.1, 0.15) is 25.8 Å². The van der Waals surface area contributed by atoms with E-state index in [1.807, 2.05) is 12.1 Å². The molecule has 2 heterocycles. The molecule has 19 heavy (non-hydrogen) atoms. The average Bonchev–Trinajstić information content (AvgIpc) is 2.92. The SMILES string of the molecule is CC(C)(C)c1nc2ccc(-c3cc(N)on3)cc2s1. The largest absolute Gasteiger partial charge is 0.368 e. The van der Waals surface area contributed by atoms with Gasteiger partial charge in [-0.3, -0.25) is 0 Å². The first-order chi connectivity index (χ1) is 8.93. The number of aromatic nitrogens is 2. The molecule has 4 nitrogen and oxygen atoms in total. The van der Waals surface area contributed by atoms with Gasteiger partial charge in [0.2, 0.25) is 5.88 Å². The second-order valence-corrected chi connectivity index (χ2v) is 6.60. The summed E-state index contributed by atoms with van der Waals surface area (Å²) in [7, 11) is 0. The van der Waals surface area contributed by atoms with Gasteiger partial charge < -0.3 is 10.3 Å². The van der Waals surface area contributed by atoms with Crippen molar-refractivity contribution in [1.82, 2.24) is 10.1 Å². The Morgan fingerprint density at radius 3 is 2.63 bits per heavy atom. The molecule has 0 atom stereocenters. The highest BCUT2D eigenvalue weighted by atomic mass is 32.1. The summed E-state index contributed by atoms with van der Waals surface area (Å²) in [5.74, 6) is 0.329. The summed E-state index contributed by atoms with van der Waals surface area (Å²) in [6.07, 6.45) is 0.